The zero-order chi connectivity index (χ0) is 13.1. The van der Waals surface area contributed by atoms with Gasteiger partial charge in [0.15, 0.2) is 0 Å². The zero-order valence-corrected chi connectivity index (χ0v) is 10.9. The summed E-state index contributed by atoms with van der Waals surface area (Å²) in [4.78, 5) is 12.1. The fraction of sp³-hybridized carbons (Fsp3) is 0.692. The van der Waals surface area contributed by atoms with E-state index >= 15 is 0 Å². The van der Waals surface area contributed by atoms with Crippen LogP contribution in [0.3, 0.4) is 0 Å². The molecule has 2 atom stereocenters. The summed E-state index contributed by atoms with van der Waals surface area (Å²) in [5.41, 5.74) is 1.24. The molecule has 2 unspecified atom stereocenters. The van der Waals surface area contributed by atoms with Gasteiger partial charge in [-0.3, -0.25) is 4.79 Å². The molecule has 1 amide bonds. The maximum absolute atomic E-state index is 12.1. The lowest BCUT2D eigenvalue weighted by molar-refractivity contribution is 0.0914. The van der Waals surface area contributed by atoms with Crippen molar-refractivity contribution in [2.45, 2.75) is 45.6 Å². The second-order valence-electron chi connectivity index (χ2n) is 4.88. The van der Waals surface area contributed by atoms with Gasteiger partial charge in [-0.25, -0.2) is 0 Å². The molecule has 1 aromatic rings. The summed E-state index contributed by atoms with van der Waals surface area (Å²) in [6.07, 6.45) is 3.25. The molecule has 100 valence electrons. The summed E-state index contributed by atoms with van der Waals surface area (Å²) in [7, 11) is 0. The van der Waals surface area contributed by atoms with Crippen LogP contribution in [0, 0.1) is 12.8 Å². The first-order valence-electron chi connectivity index (χ1n) is 6.54. The number of nitrogens with one attached hydrogen (secondary N) is 1. The second-order valence-corrected chi connectivity index (χ2v) is 4.88. The van der Waals surface area contributed by atoms with Crippen LogP contribution in [0.1, 0.15) is 48.0 Å². The molecular weight excluding hydrogens is 232 g/mol. The first kappa shape index (κ1) is 13.1. The minimum absolute atomic E-state index is 0.148. The summed E-state index contributed by atoms with van der Waals surface area (Å²) in [5.74, 6) is 0.584. The Bertz CT molecular complexity index is 428. The van der Waals surface area contributed by atoms with E-state index in [9.17, 15) is 9.90 Å². The molecule has 0 aromatic carbocycles. The Morgan fingerprint density at radius 2 is 2.33 bits per heavy atom. The molecule has 0 aliphatic heterocycles. The smallest absolute Gasteiger partial charge is 0.256 e. The molecule has 1 fully saturated rings. The SMILES string of the molecule is CCc1noc(C)c1C(=O)NCC1CCCC1O. The Balaban J connectivity index is 1.97. The molecular formula is C13H20N2O3. The van der Waals surface area contributed by atoms with Crippen molar-refractivity contribution in [1.82, 2.24) is 10.5 Å². The summed E-state index contributed by atoms with van der Waals surface area (Å²) >= 11 is 0. The normalized spacial score (nSPS) is 23.3. The Kier molecular flexibility index (Phi) is 4.01. The van der Waals surface area contributed by atoms with Crippen molar-refractivity contribution in [1.29, 1.82) is 0 Å². The molecule has 5 heteroatoms. The summed E-state index contributed by atoms with van der Waals surface area (Å²) < 4.78 is 5.04. The van der Waals surface area contributed by atoms with E-state index in [-0.39, 0.29) is 17.9 Å². The fourth-order valence-corrected chi connectivity index (χ4v) is 2.52. The number of aliphatic hydroxyl groups excluding tert-OH is 1. The zero-order valence-electron chi connectivity index (χ0n) is 10.9. The van der Waals surface area contributed by atoms with Crippen LogP contribution in [0.2, 0.25) is 0 Å². The molecule has 0 spiro atoms. The topological polar surface area (TPSA) is 75.4 Å². The van der Waals surface area contributed by atoms with Crippen LogP contribution in [0.4, 0.5) is 0 Å². The van der Waals surface area contributed by atoms with Gasteiger partial charge in [0.2, 0.25) is 0 Å². The number of aliphatic hydroxyl groups is 1. The van der Waals surface area contributed by atoms with E-state index in [1.807, 2.05) is 6.92 Å². The second kappa shape index (κ2) is 5.52. The Morgan fingerprint density at radius 3 is 2.94 bits per heavy atom. The highest BCUT2D eigenvalue weighted by Crippen LogP contribution is 2.24. The monoisotopic (exact) mass is 252 g/mol. The van der Waals surface area contributed by atoms with Gasteiger partial charge in [-0.1, -0.05) is 18.5 Å². The van der Waals surface area contributed by atoms with E-state index in [1.165, 1.54) is 0 Å². The van der Waals surface area contributed by atoms with E-state index in [1.54, 1.807) is 6.92 Å². The Morgan fingerprint density at radius 1 is 1.56 bits per heavy atom. The van der Waals surface area contributed by atoms with Crippen molar-refractivity contribution in [3.05, 3.63) is 17.0 Å². The van der Waals surface area contributed by atoms with Crippen LogP contribution < -0.4 is 5.32 Å². The van der Waals surface area contributed by atoms with Crippen LogP contribution in [0.25, 0.3) is 0 Å². The average Bonchev–Trinajstić information content (AvgIpc) is 2.92. The molecule has 18 heavy (non-hydrogen) atoms. The molecule has 1 aliphatic rings. The fourth-order valence-electron chi connectivity index (χ4n) is 2.52. The largest absolute Gasteiger partial charge is 0.393 e. The van der Waals surface area contributed by atoms with Gasteiger partial charge in [0.25, 0.3) is 5.91 Å². The van der Waals surface area contributed by atoms with Gasteiger partial charge in [0, 0.05) is 12.5 Å². The van der Waals surface area contributed by atoms with E-state index in [4.69, 9.17) is 4.52 Å². The predicted octanol–water partition coefficient (Wildman–Crippen LogP) is 1.44. The number of hydrogen-bond donors (Lipinski definition) is 2. The van der Waals surface area contributed by atoms with E-state index < -0.39 is 0 Å². The first-order chi connectivity index (χ1) is 8.63. The van der Waals surface area contributed by atoms with Gasteiger partial charge in [-0.05, 0) is 26.2 Å². The minimum Gasteiger partial charge on any atom is -0.393 e. The Hall–Kier alpha value is -1.36. The van der Waals surface area contributed by atoms with Crippen LogP contribution in [-0.4, -0.2) is 28.8 Å². The highest BCUT2D eigenvalue weighted by molar-refractivity contribution is 5.96. The molecule has 1 aliphatic carbocycles. The average molecular weight is 252 g/mol. The number of carbonyl (C=O) groups is 1. The van der Waals surface area contributed by atoms with Crippen LogP contribution in [-0.2, 0) is 6.42 Å². The molecule has 1 heterocycles. The highest BCUT2D eigenvalue weighted by atomic mass is 16.5. The molecule has 5 nitrogen and oxygen atoms in total. The van der Waals surface area contributed by atoms with Crippen molar-refractivity contribution < 1.29 is 14.4 Å². The van der Waals surface area contributed by atoms with Gasteiger partial charge < -0.3 is 14.9 Å². The number of rotatable bonds is 4. The molecule has 0 saturated heterocycles. The molecule has 2 N–H and O–H groups in total. The van der Waals surface area contributed by atoms with Gasteiger partial charge in [0.1, 0.15) is 11.3 Å². The van der Waals surface area contributed by atoms with Crippen LogP contribution in [0.5, 0.6) is 0 Å². The summed E-state index contributed by atoms with van der Waals surface area (Å²) in [5, 5.41) is 16.4. The van der Waals surface area contributed by atoms with Gasteiger partial charge in [0.05, 0.1) is 11.8 Å². The summed E-state index contributed by atoms with van der Waals surface area (Å²) in [6.45, 7) is 4.20. The standard InChI is InChI=1S/C13H20N2O3/c1-3-10-12(8(2)18-15-10)13(17)14-7-9-5-4-6-11(9)16/h9,11,16H,3-7H2,1-2H3,(H,14,17). The summed E-state index contributed by atoms with van der Waals surface area (Å²) in [6, 6.07) is 0. The molecule has 0 bridgehead atoms. The maximum atomic E-state index is 12.1. The minimum atomic E-state index is -0.278. The highest BCUT2D eigenvalue weighted by Gasteiger charge is 2.26. The lowest BCUT2D eigenvalue weighted by atomic mass is 10.1. The van der Waals surface area contributed by atoms with Gasteiger partial charge >= 0.3 is 0 Å². The molecule has 0 radical (unpaired) electrons. The van der Waals surface area contributed by atoms with E-state index in [2.05, 4.69) is 10.5 Å². The van der Waals surface area contributed by atoms with Gasteiger partial charge in [-0.2, -0.15) is 0 Å². The van der Waals surface area contributed by atoms with Crippen molar-refractivity contribution in [3.8, 4) is 0 Å². The Labute approximate surface area is 107 Å². The molecule has 2 rings (SSSR count). The molecule has 1 saturated carbocycles. The van der Waals surface area contributed by atoms with E-state index in [0.717, 1.165) is 19.3 Å². The lowest BCUT2D eigenvalue weighted by Gasteiger charge is -2.14. The third-order valence-electron chi connectivity index (χ3n) is 3.64. The van der Waals surface area contributed by atoms with Crippen molar-refractivity contribution in [2.75, 3.05) is 6.54 Å². The van der Waals surface area contributed by atoms with Gasteiger partial charge in [-0.15, -0.1) is 0 Å². The first-order valence-corrected chi connectivity index (χ1v) is 6.54. The number of hydrogen-bond acceptors (Lipinski definition) is 4. The van der Waals surface area contributed by atoms with E-state index in [0.29, 0.717) is 30.0 Å². The van der Waals surface area contributed by atoms with Crippen LogP contribution in [0.15, 0.2) is 4.52 Å². The van der Waals surface area contributed by atoms with Crippen molar-refractivity contribution in [3.63, 3.8) is 0 Å². The van der Waals surface area contributed by atoms with Crippen molar-refractivity contribution >= 4 is 5.91 Å². The maximum Gasteiger partial charge on any atom is 0.256 e. The number of aryl methyl sites for hydroxylation is 2. The third kappa shape index (κ3) is 2.56. The number of nitrogens with zero attached hydrogens (tertiary/aromatic N) is 1. The lowest BCUT2D eigenvalue weighted by Crippen LogP contribution is -2.33. The predicted molar refractivity (Wildman–Crippen MR) is 66.3 cm³/mol. The third-order valence-corrected chi connectivity index (χ3v) is 3.64. The molecule has 1 aromatic heterocycles. The van der Waals surface area contributed by atoms with Crippen LogP contribution >= 0.6 is 0 Å². The number of amides is 1. The quantitative estimate of drug-likeness (QED) is 0.850. The van der Waals surface area contributed by atoms with Crippen molar-refractivity contribution in [2.24, 2.45) is 5.92 Å². The number of aromatic nitrogens is 1. The number of carbonyl (C=O) groups excluding carboxylic acids is 1.